The van der Waals surface area contributed by atoms with Crippen LogP contribution in [0.3, 0.4) is 0 Å². The topological polar surface area (TPSA) is 82.7 Å². The number of para-hydroxylation sites is 1. The number of hydrogen-bond acceptors (Lipinski definition) is 5. The smallest absolute Gasteiger partial charge is 0.212 e. The maximum absolute atomic E-state index is 13.9. The van der Waals surface area contributed by atoms with Gasteiger partial charge in [-0.25, -0.2) is 9.97 Å². The van der Waals surface area contributed by atoms with Crippen molar-refractivity contribution >= 4 is 33.4 Å². The molecule has 1 aliphatic rings. The van der Waals surface area contributed by atoms with Crippen LogP contribution in [-0.2, 0) is 0 Å². The molecule has 3 aromatic carbocycles. The molecule has 5 aromatic rings. The van der Waals surface area contributed by atoms with Crippen molar-refractivity contribution in [1.82, 2.24) is 20.3 Å². The van der Waals surface area contributed by atoms with Gasteiger partial charge in [0, 0.05) is 23.5 Å². The van der Waals surface area contributed by atoms with E-state index < -0.39 is 0 Å². The molecule has 0 bridgehead atoms. The molecule has 3 N–H and O–H groups in total. The van der Waals surface area contributed by atoms with E-state index in [2.05, 4.69) is 47.7 Å². The fraction of sp³-hybridized carbons (Fsp3) is 0.233. The minimum Gasteiger partial charge on any atom is -0.380 e. The number of ketones is 1. The summed E-state index contributed by atoms with van der Waals surface area (Å²) in [7, 11) is 0. The predicted octanol–water partition coefficient (Wildman–Crippen LogP) is 5.79. The van der Waals surface area contributed by atoms with E-state index in [1.807, 2.05) is 48.5 Å². The highest BCUT2D eigenvalue weighted by atomic mass is 16.1. The molecule has 1 atom stereocenters. The number of aromatic amines is 1. The number of H-pyrrole nitrogens is 1. The van der Waals surface area contributed by atoms with Crippen molar-refractivity contribution in [2.45, 2.75) is 32.7 Å². The Morgan fingerprint density at radius 2 is 1.72 bits per heavy atom. The van der Waals surface area contributed by atoms with Gasteiger partial charge in [0.2, 0.25) is 5.78 Å². The van der Waals surface area contributed by atoms with Crippen LogP contribution in [0.25, 0.3) is 33.3 Å². The van der Waals surface area contributed by atoms with Crippen LogP contribution >= 0.6 is 0 Å². The summed E-state index contributed by atoms with van der Waals surface area (Å²) in [4.78, 5) is 27.3. The van der Waals surface area contributed by atoms with E-state index in [0.29, 0.717) is 17.1 Å². The molecule has 1 saturated heterocycles. The van der Waals surface area contributed by atoms with Crippen molar-refractivity contribution in [3.63, 3.8) is 0 Å². The van der Waals surface area contributed by atoms with Crippen molar-refractivity contribution in [3.8, 4) is 11.4 Å². The zero-order valence-corrected chi connectivity index (χ0v) is 20.6. The summed E-state index contributed by atoms with van der Waals surface area (Å²) in [6.07, 6.45) is 2.17. The molecular weight excluding hydrogens is 446 g/mol. The fourth-order valence-electron chi connectivity index (χ4n) is 5.05. The lowest BCUT2D eigenvalue weighted by Crippen LogP contribution is -2.38. The molecule has 6 heteroatoms. The molecule has 0 amide bonds. The van der Waals surface area contributed by atoms with Gasteiger partial charge < -0.3 is 15.6 Å². The lowest BCUT2D eigenvalue weighted by atomic mass is 9.97. The second-order valence-electron chi connectivity index (χ2n) is 9.65. The Bertz CT molecular complexity index is 1540. The van der Waals surface area contributed by atoms with Gasteiger partial charge in [-0.3, -0.25) is 4.79 Å². The number of fused-ring (bicyclic) bond motifs is 2. The van der Waals surface area contributed by atoms with Crippen LogP contribution in [0.15, 0.2) is 66.7 Å². The summed E-state index contributed by atoms with van der Waals surface area (Å²) in [5, 5.41) is 8.26. The van der Waals surface area contributed by atoms with Crippen molar-refractivity contribution < 1.29 is 4.79 Å². The number of carbonyl (C=O) groups is 1. The molecule has 0 spiro atoms. The SMILES string of the molecule is Cc1cc2nc(-c3c(C(=O)c4ccccc4)nc4ccccc4c3NC3CCCNC3)[nH]c2cc1C. The lowest BCUT2D eigenvalue weighted by molar-refractivity contribution is 0.103. The van der Waals surface area contributed by atoms with E-state index in [9.17, 15) is 4.79 Å². The van der Waals surface area contributed by atoms with Crippen LogP contribution in [0, 0.1) is 13.8 Å². The Morgan fingerprint density at radius 3 is 2.53 bits per heavy atom. The number of rotatable bonds is 5. The molecular formula is C30H29N5O. The average Bonchev–Trinajstić information content (AvgIpc) is 3.31. The van der Waals surface area contributed by atoms with Gasteiger partial charge in [-0.15, -0.1) is 0 Å². The zero-order chi connectivity index (χ0) is 24.6. The minimum absolute atomic E-state index is 0.117. The van der Waals surface area contributed by atoms with Crippen LogP contribution < -0.4 is 10.6 Å². The maximum atomic E-state index is 13.9. The third-order valence-electron chi connectivity index (χ3n) is 7.12. The number of hydrogen-bond donors (Lipinski definition) is 3. The van der Waals surface area contributed by atoms with Gasteiger partial charge in [0.15, 0.2) is 0 Å². The highest BCUT2D eigenvalue weighted by Crippen LogP contribution is 2.38. The molecule has 1 aliphatic heterocycles. The first-order chi connectivity index (χ1) is 17.6. The zero-order valence-electron chi connectivity index (χ0n) is 20.6. The van der Waals surface area contributed by atoms with Crippen LogP contribution in [0.2, 0.25) is 0 Å². The monoisotopic (exact) mass is 475 g/mol. The number of nitrogens with zero attached hydrogens (tertiary/aromatic N) is 2. The second-order valence-corrected chi connectivity index (χ2v) is 9.65. The molecule has 180 valence electrons. The summed E-state index contributed by atoms with van der Waals surface area (Å²) >= 11 is 0. The van der Waals surface area contributed by atoms with Crippen LogP contribution in [-0.4, -0.2) is 39.9 Å². The van der Waals surface area contributed by atoms with Gasteiger partial charge in [-0.2, -0.15) is 0 Å². The first-order valence-electron chi connectivity index (χ1n) is 12.6. The highest BCUT2D eigenvalue weighted by Gasteiger charge is 2.26. The van der Waals surface area contributed by atoms with Crippen molar-refractivity contribution in [2.75, 3.05) is 18.4 Å². The van der Waals surface area contributed by atoms with Gasteiger partial charge in [0.1, 0.15) is 11.5 Å². The molecule has 6 rings (SSSR count). The summed E-state index contributed by atoms with van der Waals surface area (Å²) in [5.41, 5.74) is 7.63. The molecule has 1 unspecified atom stereocenters. The van der Waals surface area contributed by atoms with Crippen LogP contribution in [0.1, 0.15) is 40.0 Å². The first-order valence-corrected chi connectivity index (χ1v) is 12.6. The number of pyridine rings is 1. The number of carbonyl (C=O) groups excluding carboxylic acids is 1. The molecule has 3 heterocycles. The van der Waals surface area contributed by atoms with Gasteiger partial charge in [0.05, 0.1) is 27.8 Å². The number of nitrogens with one attached hydrogen (secondary N) is 3. The van der Waals surface area contributed by atoms with E-state index in [0.717, 1.165) is 59.1 Å². The first kappa shape index (κ1) is 22.4. The van der Waals surface area contributed by atoms with Gasteiger partial charge in [0.25, 0.3) is 0 Å². The van der Waals surface area contributed by atoms with E-state index in [-0.39, 0.29) is 11.8 Å². The Hall–Kier alpha value is -4.03. The quantitative estimate of drug-likeness (QED) is 0.280. The van der Waals surface area contributed by atoms with Crippen molar-refractivity contribution in [3.05, 3.63) is 89.1 Å². The number of benzene rings is 3. The molecule has 2 aromatic heterocycles. The van der Waals surface area contributed by atoms with Gasteiger partial charge >= 0.3 is 0 Å². The third-order valence-corrected chi connectivity index (χ3v) is 7.12. The third kappa shape index (κ3) is 4.03. The number of aromatic nitrogens is 3. The normalized spacial score (nSPS) is 15.9. The molecule has 0 aliphatic carbocycles. The number of anilines is 1. The van der Waals surface area contributed by atoms with Crippen molar-refractivity contribution in [1.29, 1.82) is 0 Å². The van der Waals surface area contributed by atoms with E-state index in [4.69, 9.17) is 9.97 Å². The molecule has 0 saturated carbocycles. The van der Waals surface area contributed by atoms with Crippen molar-refractivity contribution in [2.24, 2.45) is 0 Å². The predicted molar refractivity (Wildman–Crippen MR) is 146 cm³/mol. The van der Waals surface area contributed by atoms with E-state index >= 15 is 0 Å². The number of aryl methyl sites for hydroxylation is 2. The Balaban J connectivity index is 1.63. The summed E-state index contributed by atoms with van der Waals surface area (Å²) in [5.74, 6) is 0.535. The number of piperidine rings is 1. The number of imidazole rings is 1. The Labute approximate surface area is 210 Å². The van der Waals surface area contributed by atoms with Gasteiger partial charge in [-0.1, -0.05) is 48.5 Å². The Morgan fingerprint density at radius 1 is 0.944 bits per heavy atom. The largest absolute Gasteiger partial charge is 0.380 e. The van der Waals surface area contributed by atoms with Gasteiger partial charge in [-0.05, 0) is 62.6 Å². The lowest BCUT2D eigenvalue weighted by Gasteiger charge is -2.27. The van der Waals surface area contributed by atoms with E-state index in [1.54, 1.807) is 0 Å². The molecule has 1 fully saturated rings. The average molecular weight is 476 g/mol. The highest BCUT2D eigenvalue weighted by molar-refractivity contribution is 6.16. The standard InChI is InChI=1S/C30H29N5O/c1-18-15-24-25(16-19(18)2)35-30(34-24)26-27(32-21-11-8-14-31-17-21)22-12-6-7-13-23(22)33-28(26)29(36)20-9-4-3-5-10-20/h3-7,9-10,12-13,15-16,21,31H,8,11,14,17H2,1-2H3,(H,32,33)(H,34,35). The molecule has 36 heavy (non-hydrogen) atoms. The fourth-order valence-corrected chi connectivity index (χ4v) is 5.05. The molecule has 0 radical (unpaired) electrons. The maximum Gasteiger partial charge on any atom is 0.212 e. The Kier molecular flexibility index (Phi) is 5.74. The van der Waals surface area contributed by atoms with Crippen LogP contribution in [0.4, 0.5) is 5.69 Å². The minimum atomic E-state index is -0.117. The second kappa shape index (κ2) is 9.21. The summed E-state index contributed by atoms with van der Waals surface area (Å²) in [6.45, 7) is 6.09. The van der Waals surface area contributed by atoms with Crippen LogP contribution in [0.5, 0.6) is 0 Å². The summed E-state index contributed by atoms with van der Waals surface area (Å²) < 4.78 is 0. The summed E-state index contributed by atoms with van der Waals surface area (Å²) in [6, 6.07) is 21.8. The van der Waals surface area contributed by atoms with E-state index in [1.165, 1.54) is 11.1 Å². The molecule has 6 nitrogen and oxygen atoms in total.